The largest absolute Gasteiger partial charge is 0.469 e. The van der Waals surface area contributed by atoms with Crippen LogP contribution >= 0.6 is 0 Å². The third kappa shape index (κ3) is 4.56. The average Bonchev–Trinajstić information content (AvgIpc) is 2.83. The van der Waals surface area contributed by atoms with E-state index in [4.69, 9.17) is 4.74 Å². The number of methoxy groups -OCH3 is 1. The molecule has 2 atom stereocenters. The van der Waals surface area contributed by atoms with Crippen LogP contribution in [0.3, 0.4) is 0 Å². The van der Waals surface area contributed by atoms with Crippen molar-refractivity contribution in [2.24, 2.45) is 5.92 Å². The summed E-state index contributed by atoms with van der Waals surface area (Å²) in [7, 11) is -2.38. The molecule has 0 spiro atoms. The smallest absolute Gasteiger partial charge is 0.308 e. The van der Waals surface area contributed by atoms with Crippen molar-refractivity contribution in [3.8, 4) is 11.1 Å². The number of nitrogens with zero attached hydrogens (tertiary/aromatic N) is 2. The molecule has 1 aliphatic rings. The SMILES string of the molecule is COC(=O)[C@@H]1CCN(S(=O)(=O)c2ccccc2C)[C@H](c2cccc(-c3ccncc3C)c2)C1. The molecular weight excluding hydrogens is 436 g/mol. The molecule has 0 bridgehead atoms. The summed E-state index contributed by atoms with van der Waals surface area (Å²) in [6, 6.07) is 16.4. The fraction of sp³-hybridized carbons (Fsp3) is 0.308. The number of sulfonamides is 1. The molecule has 33 heavy (non-hydrogen) atoms. The normalized spacial score (nSPS) is 19.2. The van der Waals surface area contributed by atoms with Gasteiger partial charge < -0.3 is 4.74 Å². The van der Waals surface area contributed by atoms with Crippen LogP contribution in [0.25, 0.3) is 11.1 Å². The number of carbonyl (C=O) groups is 1. The molecule has 1 aromatic heterocycles. The van der Waals surface area contributed by atoms with Crippen LogP contribution in [0.5, 0.6) is 0 Å². The topological polar surface area (TPSA) is 76.6 Å². The predicted molar refractivity (Wildman–Crippen MR) is 127 cm³/mol. The highest BCUT2D eigenvalue weighted by Crippen LogP contribution is 2.40. The van der Waals surface area contributed by atoms with E-state index in [2.05, 4.69) is 4.98 Å². The fourth-order valence-corrected chi connectivity index (χ4v) is 6.46. The van der Waals surface area contributed by atoms with Gasteiger partial charge in [0.15, 0.2) is 0 Å². The number of pyridine rings is 1. The molecule has 0 N–H and O–H groups in total. The quantitative estimate of drug-likeness (QED) is 0.513. The third-order valence-electron chi connectivity index (χ3n) is 6.37. The zero-order chi connectivity index (χ0) is 23.6. The molecule has 1 aliphatic heterocycles. The fourth-order valence-electron chi connectivity index (χ4n) is 4.60. The van der Waals surface area contributed by atoms with Crippen LogP contribution in [0.2, 0.25) is 0 Å². The minimum Gasteiger partial charge on any atom is -0.469 e. The van der Waals surface area contributed by atoms with Crippen LogP contribution in [0, 0.1) is 19.8 Å². The van der Waals surface area contributed by atoms with E-state index in [0.29, 0.717) is 23.3 Å². The molecule has 3 aromatic rings. The standard InChI is InChI=1S/C26H28N2O4S/c1-18-7-4-5-10-25(18)33(30,31)28-14-12-22(26(29)32-3)16-24(28)21-9-6-8-20(15-21)23-11-13-27-17-19(23)2/h4-11,13,15,17,22,24H,12,14,16H2,1-3H3/t22-,24+/m1/s1. The van der Waals surface area contributed by atoms with E-state index >= 15 is 0 Å². The lowest BCUT2D eigenvalue weighted by atomic mass is 9.87. The second-order valence-electron chi connectivity index (χ2n) is 8.46. The zero-order valence-electron chi connectivity index (χ0n) is 19.1. The molecule has 0 saturated carbocycles. The Bertz CT molecular complexity index is 1270. The molecule has 6 nitrogen and oxygen atoms in total. The van der Waals surface area contributed by atoms with Crippen molar-refractivity contribution >= 4 is 16.0 Å². The zero-order valence-corrected chi connectivity index (χ0v) is 19.9. The molecule has 172 valence electrons. The Labute approximate surface area is 195 Å². The van der Waals surface area contributed by atoms with Gasteiger partial charge in [0.1, 0.15) is 0 Å². The number of piperidine rings is 1. The third-order valence-corrected chi connectivity index (χ3v) is 8.44. The highest BCUT2D eigenvalue weighted by Gasteiger charge is 2.40. The Morgan fingerprint density at radius 1 is 1.06 bits per heavy atom. The number of rotatable bonds is 5. The Kier molecular flexibility index (Phi) is 6.63. The van der Waals surface area contributed by atoms with Crippen molar-refractivity contribution in [1.29, 1.82) is 0 Å². The van der Waals surface area contributed by atoms with Gasteiger partial charge in [-0.1, -0.05) is 36.4 Å². The van der Waals surface area contributed by atoms with Crippen LogP contribution in [0.4, 0.5) is 0 Å². The number of benzene rings is 2. The number of carbonyl (C=O) groups excluding carboxylic acids is 1. The van der Waals surface area contributed by atoms with Gasteiger partial charge in [0.2, 0.25) is 10.0 Å². The molecule has 7 heteroatoms. The first-order chi connectivity index (χ1) is 15.8. The van der Waals surface area contributed by atoms with Crippen LogP contribution in [-0.2, 0) is 19.6 Å². The van der Waals surface area contributed by atoms with Gasteiger partial charge in [-0.3, -0.25) is 9.78 Å². The summed E-state index contributed by atoms with van der Waals surface area (Å²) < 4.78 is 34.0. The van der Waals surface area contributed by atoms with Gasteiger partial charge in [-0.05, 0) is 72.7 Å². The molecule has 0 unspecified atom stereocenters. The van der Waals surface area contributed by atoms with E-state index in [-0.39, 0.29) is 18.4 Å². The van der Waals surface area contributed by atoms with Crippen molar-refractivity contribution in [1.82, 2.24) is 9.29 Å². The summed E-state index contributed by atoms with van der Waals surface area (Å²) in [5.41, 5.74) is 4.62. The Morgan fingerprint density at radius 2 is 1.85 bits per heavy atom. The van der Waals surface area contributed by atoms with E-state index in [1.165, 1.54) is 7.11 Å². The second kappa shape index (κ2) is 9.45. The summed E-state index contributed by atoms with van der Waals surface area (Å²) in [6.45, 7) is 4.05. The second-order valence-corrected chi connectivity index (χ2v) is 10.3. The van der Waals surface area contributed by atoms with Crippen LogP contribution in [0.1, 0.15) is 35.6 Å². The summed E-state index contributed by atoms with van der Waals surface area (Å²) in [5, 5.41) is 0. The Hall–Kier alpha value is -3.03. The van der Waals surface area contributed by atoms with Crippen LogP contribution < -0.4 is 0 Å². The molecule has 0 amide bonds. The molecule has 2 heterocycles. The lowest BCUT2D eigenvalue weighted by molar-refractivity contribution is -0.147. The first-order valence-corrected chi connectivity index (χ1v) is 12.4. The van der Waals surface area contributed by atoms with E-state index in [1.54, 1.807) is 35.6 Å². The van der Waals surface area contributed by atoms with E-state index in [0.717, 1.165) is 22.3 Å². The number of ether oxygens (including phenoxy) is 1. The van der Waals surface area contributed by atoms with Crippen LogP contribution in [-0.4, -0.2) is 37.3 Å². The number of hydrogen-bond acceptors (Lipinski definition) is 5. The van der Waals surface area contributed by atoms with Gasteiger partial charge in [-0.2, -0.15) is 4.31 Å². The lowest BCUT2D eigenvalue weighted by Crippen LogP contribution is -2.43. The van der Waals surface area contributed by atoms with Gasteiger partial charge in [-0.25, -0.2) is 8.42 Å². The summed E-state index contributed by atoms with van der Waals surface area (Å²) in [6.07, 6.45) is 4.36. The van der Waals surface area contributed by atoms with Crippen molar-refractivity contribution in [2.45, 2.75) is 37.6 Å². The molecule has 1 saturated heterocycles. The van der Waals surface area contributed by atoms with Crippen molar-refractivity contribution in [3.63, 3.8) is 0 Å². The molecule has 1 fully saturated rings. The Morgan fingerprint density at radius 3 is 2.58 bits per heavy atom. The Balaban J connectivity index is 1.79. The predicted octanol–water partition coefficient (Wildman–Crippen LogP) is 4.68. The maximum absolute atomic E-state index is 13.7. The lowest BCUT2D eigenvalue weighted by Gasteiger charge is -2.38. The summed E-state index contributed by atoms with van der Waals surface area (Å²) in [4.78, 5) is 16.8. The molecule has 0 aliphatic carbocycles. The summed E-state index contributed by atoms with van der Waals surface area (Å²) >= 11 is 0. The van der Waals surface area contributed by atoms with Gasteiger partial charge in [0.05, 0.1) is 24.0 Å². The van der Waals surface area contributed by atoms with Gasteiger partial charge >= 0.3 is 5.97 Å². The highest BCUT2D eigenvalue weighted by molar-refractivity contribution is 7.89. The van der Waals surface area contributed by atoms with E-state index < -0.39 is 16.1 Å². The van der Waals surface area contributed by atoms with Crippen molar-refractivity contribution in [3.05, 3.63) is 83.7 Å². The number of aryl methyl sites for hydroxylation is 2. The molecule has 0 radical (unpaired) electrons. The molecule has 4 rings (SSSR count). The maximum atomic E-state index is 13.7. The van der Waals surface area contributed by atoms with E-state index in [9.17, 15) is 13.2 Å². The van der Waals surface area contributed by atoms with Gasteiger partial charge in [0.25, 0.3) is 0 Å². The van der Waals surface area contributed by atoms with Crippen molar-refractivity contribution < 1.29 is 17.9 Å². The van der Waals surface area contributed by atoms with Gasteiger partial charge in [0, 0.05) is 18.9 Å². The minimum atomic E-state index is -3.76. The highest BCUT2D eigenvalue weighted by atomic mass is 32.2. The average molecular weight is 465 g/mol. The first-order valence-electron chi connectivity index (χ1n) is 11.0. The first kappa shape index (κ1) is 23.1. The maximum Gasteiger partial charge on any atom is 0.308 e. The van der Waals surface area contributed by atoms with Gasteiger partial charge in [-0.15, -0.1) is 0 Å². The number of aromatic nitrogens is 1. The monoisotopic (exact) mass is 464 g/mol. The van der Waals surface area contributed by atoms with Crippen molar-refractivity contribution in [2.75, 3.05) is 13.7 Å². The van der Waals surface area contributed by atoms with E-state index in [1.807, 2.05) is 49.5 Å². The molecule has 2 aromatic carbocycles. The molecular formula is C26H28N2O4S. The summed E-state index contributed by atoms with van der Waals surface area (Å²) in [5.74, 6) is -0.649. The number of esters is 1. The van der Waals surface area contributed by atoms with Crippen LogP contribution in [0.15, 0.2) is 71.9 Å². The number of hydrogen-bond donors (Lipinski definition) is 0. The minimum absolute atomic E-state index is 0.250.